The molecule has 0 aliphatic carbocycles. The van der Waals surface area contributed by atoms with Crippen molar-refractivity contribution < 1.29 is 14.7 Å². The van der Waals surface area contributed by atoms with Gasteiger partial charge in [0.2, 0.25) is 5.91 Å². The number of hydrogen-bond acceptors (Lipinski definition) is 4. The summed E-state index contributed by atoms with van der Waals surface area (Å²) in [5, 5.41) is 12.3. The number of carbonyl (C=O) groups excluding carboxylic acids is 1. The van der Waals surface area contributed by atoms with Crippen molar-refractivity contribution in [3.05, 3.63) is 16.1 Å². The first kappa shape index (κ1) is 13.6. The summed E-state index contributed by atoms with van der Waals surface area (Å²) in [5.41, 5.74) is -1.41. The van der Waals surface area contributed by atoms with Gasteiger partial charge in [-0.15, -0.1) is 11.3 Å². The van der Waals surface area contributed by atoms with Crippen molar-refractivity contribution in [3.8, 4) is 0 Å². The summed E-state index contributed by atoms with van der Waals surface area (Å²) >= 11 is 1.52. The number of aliphatic carboxylic acids is 1. The van der Waals surface area contributed by atoms with Crippen LogP contribution < -0.4 is 5.32 Å². The third-order valence-corrected chi connectivity index (χ3v) is 3.59. The van der Waals surface area contributed by atoms with E-state index in [0.717, 1.165) is 16.3 Å². The Hall–Kier alpha value is -1.43. The maximum absolute atomic E-state index is 11.6. The summed E-state index contributed by atoms with van der Waals surface area (Å²) in [5.74, 6) is -1.64. The third-order valence-electron chi connectivity index (χ3n) is 2.45. The quantitative estimate of drug-likeness (QED) is 0.781. The molecule has 0 saturated heterocycles. The van der Waals surface area contributed by atoms with Crippen LogP contribution in [0.2, 0.25) is 0 Å². The first-order valence-corrected chi connectivity index (χ1v) is 6.14. The van der Waals surface area contributed by atoms with E-state index in [-0.39, 0.29) is 6.54 Å². The second-order valence-electron chi connectivity index (χ2n) is 4.19. The SMILES string of the molecule is CCc1cnc(CNC(=O)C(C)(C)C(=O)O)s1. The molecule has 0 aliphatic heterocycles. The molecule has 17 heavy (non-hydrogen) atoms. The zero-order valence-electron chi connectivity index (χ0n) is 10.1. The van der Waals surface area contributed by atoms with Crippen molar-refractivity contribution >= 4 is 23.2 Å². The largest absolute Gasteiger partial charge is 0.480 e. The molecule has 0 aliphatic rings. The predicted octanol–water partition coefficient (Wildman–Crippen LogP) is 1.43. The monoisotopic (exact) mass is 256 g/mol. The number of nitrogens with zero attached hydrogens (tertiary/aromatic N) is 1. The summed E-state index contributed by atoms with van der Waals surface area (Å²) in [6, 6.07) is 0. The molecule has 6 heteroatoms. The predicted molar refractivity (Wildman–Crippen MR) is 64.8 cm³/mol. The van der Waals surface area contributed by atoms with E-state index in [2.05, 4.69) is 10.3 Å². The Labute approximate surface area is 104 Å². The zero-order chi connectivity index (χ0) is 13.1. The summed E-state index contributed by atoms with van der Waals surface area (Å²) in [7, 11) is 0. The van der Waals surface area contributed by atoms with Gasteiger partial charge < -0.3 is 10.4 Å². The van der Waals surface area contributed by atoms with Gasteiger partial charge in [0, 0.05) is 11.1 Å². The number of aryl methyl sites for hydroxylation is 1. The number of aromatic nitrogens is 1. The van der Waals surface area contributed by atoms with Crippen LogP contribution in [0.1, 0.15) is 30.7 Å². The molecule has 0 fully saturated rings. The number of nitrogens with one attached hydrogen (secondary N) is 1. The molecule has 2 N–H and O–H groups in total. The zero-order valence-corrected chi connectivity index (χ0v) is 10.9. The van der Waals surface area contributed by atoms with Crippen molar-refractivity contribution in [2.45, 2.75) is 33.7 Å². The molecule has 1 aromatic rings. The van der Waals surface area contributed by atoms with Gasteiger partial charge in [0.15, 0.2) is 0 Å². The number of amides is 1. The molecule has 1 aromatic heterocycles. The van der Waals surface area contributed by atoms with Gasteiger partial charge in [-0.3, -0.25) is 9.59 Å². The van der Waals surface area contributed by atoms with Crippen LogP contribution in [0.5, 0.6) is 0 Å². The Balaban J connectivity index is 2.56. The van der Waals surface area contributed by atoms with Gasteiger partial charge in [0.25, 0.3) is 0 Å². The average Bonchev–Trinajstić information content (AvgIpc) is 2.73. The lowest BCUT2D eigenvalue weighted by Crippen LogP contribution is -2.41. The topological polar surface area (TPSA) is 79.3 Å². The fraction of sp³-hybridized carbons (Fsp3) is 0.545. The minimum Gasteiger partial charge on any atom is -0.480 e. The van der Waals surface area contributed by atoms with Crippen LogP contribution in [0.25, 0.3) is 0 Å². The van der Waals surface area contributed by atoms with Crippen LogP contribution in [-0.4, -0.2) is 22.0 Å². The van der Waals surface area contributed by atoms with Crippen molar-refractivity contribution in [2.24, 2.45) is 5.41 Å². The lowest BCUT2D eigenvalue weighted by Gasteiger charge is -2.17. The molecule has 0 aromatic carbocycles. The van der Waals surface area contributed by atoms with Gasteiger partial charge in [-0.2, -0.15) is 0 Å². The molecular formula is C11H16N2O3S. The third kappa shape index (κ3) is 3.26. The summed E-state index contributed by atoms with van der Waals surface area (Å²) in [6.07, 6.45) is 2.68. The van der Waals surface area contributed by atoms with E-state index in [1.54, 1.807) is 6.20 Å². The number of thiazole rings is 1. The number of rotatable bonds is 5. The minimum absolute atomic E-state index is 0.278. The molecule has 0 bridgehead atoms. The number of hydrogen-bond donors (Lipinski definition) is 2. The first-order valence-electron chi connectivity index (χ1n) is 5.33. The Morgan fingerprint density at radius 1 is 1.53 bits per heavy atom. The van der Waals surface area contributed by atoms with Gasteiger partial charge in [0.05, 0.1) is 6.54 Å². The highest BCUT2D eigenvalue weighted by atomic mass is 32.1. The van der Waals surface area contributed by atoms with Crippen LogP contribution in [0, 0.1) is 5.41 Å². The number of carbonyl (C=O) groups is 2. The normalized spacial score (nSPS) is 11.2. The first-order chi connectivity index (χ1) is 7.87. The van der Waals surface area contributed by atoms with E-state index >= 15 is 0 Å². The highest BCUT2D eigenvalue weighted by Crippen LogP contribution is 2.17. The van der Waals surface area contributed by atoms with E-state index in [4.69, 9.17) is 5.11 Å². The maximum atomic E-state index is 11.6. The van der Waals surface area contributed by atoms with Crippen LogP contribution >= 0.6 is 11.3 Å². The lowest BCUT2D eigenvalue weighted by molar-refractivity contribution is -0.153. The lowest BCUT2D eigenvalue weighted by atomic mass is 9.93. The molecular weight excluding hydrogens is 240 g/mol. The molecule has 5 nitrogen and oxygen atoms in total. The standard InChI is InChI=1S/C11H16N2O3S/c1-4-7-5-12-8(17-7)6-13-9(14)11(2,3)10(15)16/h5H,4,6H2,1-3H3,(H,13,14)(H,15,16). The van der Waals surface area contributed by atoms with Crippen LogP contribution in [-0.2, 0) is 22.6 Å². The molecule has 0 atom stereocenters. The average molecular weight is 256 g/mol. The van der Waals surface area contributed by atoms with Crippen LogP contribution in [0.15, 0.2) is 6.20 Å². The van der Waals surface area contributed by atoms with Crippen molar-refractivity contribution in [2.75, 3.05) is 0 Å². The summed E-state index contributed by atoms with van der Waals surface area (Å²) in [6.45, 7) is 5.07. The molecule has 0 unspecified atom stereocenters. The van der Waals surface area contributed by atoms with Gasteiger partial charge >= 0.3 is 5.97 Å². The van der Waals surface area contributed by atoms with E-state index in [9.17, 15) is 9.59 Å². The fourth-order valence-electron chi connectivity index (χ4n) is 1.07. The van der Waals surface area contributed by atoms with Gasteiger partial charge in [-0.25, -0.2) is 4.98 Å². The molecule has 0 radical (unpaired) electrons. The van der Waals surface area contributed by atoms with Crippen molar-refractivity contribution in [3.63, 3.8) is 0 Å². The van der Waals surface area contributed by atoms with Gasteiger partial charge in [-0.1, -0.05) is 6.92 Å². The van der Waals surface area contributed by atoms with Crippen molar-refractivity contribution in [1.29, 1.82) is 0 Å². The van der Waals surface area contributed by atoms with Gasteiger partial charge in [0.1, 0.15) is 10.4 Å². The molecule has 0 spiro atoms. The van der Waals surface area contributed by atoms with E-state index in [0.29, 0.717) is 0 Å². The smallest absolute Gasteiger partial charge is 0.318 e. The van der Waals surface area contributed by atoms with Crippen molar-refractivity contribution in [1.82, 2.24) is 10.3 Å². The fourth-order valence-corrected chi connectivity index (χ4v) is 1.87. The Morgan fingerprint density at radius 3 is 2.65 bits per heavy atom. The molecule has 94 valence electrons. The highest BCUT2D eigenvalue weighted by molar-refractivity contribution is 7.11. The number of carboxylic acid groups (broad SMARTS) is 1. The molecule has 1 heterocycles. The van der Waals surface area contributed by atoms with E-state index < -0.39 is 17.3 Å². The summed E-state index contributed by atoms with van der Waals surface area (Å²) in [4.78, 5) is 27.8. The minimum atomic E-state index is -1.41. The molecule has 1 rings (SSSR count). The van der Waals surface area contributed by atoms with E-state index in [1.807, 2.05) is 6.92 Å². The molecule has 1 amide bonds. The van der Waals surface area contributed by atoms with Gasteiger partial charge in [-0.05, 0) is 20.3 Å². The Morgan fingerprint density at radius 2 is 2.18 bits per heavy atom. The maximum Gasteiger partial charge on any atom is 0.318 e. The highest BCUT2D eigenvalue weighted by Gasteiger charge is 2.35. The Kier molecular flexibility index (Phi) is 4.22. The second kappa shape index (κ2) is 5.27. The van der Waals surface area contributed by atoms with Crippen LogP contribution in [0.3, 0.4) is 0 Å². The van der Waals surface area contributed by atoms with E-state index in [1.165, 1.54) is 25.2 Å². The summed E-state index contributed by atoms with van der Waals surface area (Å²) < 4.78 is 0. The second-order valence-corrected chi connectivity index (χ2v) is 5.39. The number of carboxylic acids is 1. The van der Waals surface area contributed by atoms with Crippen LogP contribution in [0.4, 0.5) is 0 Å². The Bertz CT molecular complexity index is 426. The molecule has 0 saturated carbocycles.